The van der Waals surface area contributed by atoms with E-state index in [1.54, 1.807) is 7.11 Å². The van der Waals surface area contributed by atoms with Crippen LogP contribution in [0, 0.1) is 0 Å². The molecule has 0 fully saturated rings. The minimum atomic E-state index is -0.536. The molecule has 0 heterocycles. The predicted molar refractivity (Wildman–Crippen MR) is 105 cm³/mol. The van der Waals surface area contributed by atoms with Crippen LogP contribution in [-0.4, -0.2) is 18.7 Å². The van der Waals surface area contributed by atoms with Crippen molar-refractivity contribution in [1.82, 2.24) is 0 Å². The molecule has 0 aromatic heterocycles. The smallest absolute Gasteiger partial charge is 0.334 e. The first kappa shape index (κ1) is 19.6. The molecule has 4 heteroatoms. The highest BCUT2D eigenvalue weighted by Crippen LogP contribution is 2.27. The van der Waals surface area contributed by atoms with Crippen LogP contribution in [0.15, 0.2) is 66.7 Å². The molecule has 2 aromatic rings. The summed E-state index contributed by atoms with van der Waals surface area (Å²) in [6.45, 7) is 9.49. The minimum Gasteiger partial charge on any atom is -0.497 e. The van der Waals surface area contributed by atoms with Gasteiger partial charge in [0.25, 0.3) is 0 Å². The largest absolute Gasteiger partial charge is 0.497 e. The van der Waals surface area contributed by atoms with Crippen LogP contribution in [0.4, 0.5) is 5.69 Å². The van der Waals surface area contributed by atoms with Gasteiger partial charge < -0.3 is 14.8 Å². The van der Waals surface area contributed by atoms with Crippen molar-refractivity contribution in [3.05, 3.63) is 72.3 Å². The average Bonchev–Trinajstić information content (AvgIpc) is 2.61. The molecular formula is C22H27NO3. The van der Waals surface area contributed by atoms with E-state index in [4.69, 9.17) is 9.47 Å². The lowest BCUT2D eigenvalue weighted by atomic mass is 9.99. The lowest BCUT2D eigenvalue weighted by Crippen LogP contribution is -2.25. The molecule has 0 bridgehead atoms. The monoisotopic (exact) mass is 353 g/mol. The summed E-state index contributed by atoms with van der Waals surface area (Å²) in [4.78, 5) is 12.3. The maximum absolute atomic E-state index is 12.3. The van der Waals surface area contributed by atoms with Gasteiger partial charge in [-0.25, -0.2) is 4.79 Å². The number of hydrogen-bond acceptors (Lipinski definition) is 4. The van der Waals surface area contributed by atoms with E-state index in [0.29, 0.717) is 12.0 Å². The molecule has 4 nitrogen and oxygen atoms in total. The van der Waals surface area contributed by atoms with E-state index in [0.717, 1.165) is 17.0 Å². The molecule has 1 N–H and O–H groups in total. The first-order valence-corrected chi connectivity index (χ1v) is 8.65. The van der Waals surface area contributed by atoms with Crippen molar-refractivity contribution in [2.75, 3.05) is 12.4 Å². The van der Waals surface area contributed by atoms with E-state index in [1.165, 1.54) is 0 Å². The lowest BCUT2D eigenvalue weighted by Gasteiger charge is -2.24. The molecule has 0 aliphatic carbocycles. The number of carbonyl (C=O) groups is 1. The molecular weight excluding hydrogens is 326 g/mol. The quantitative estimate of drug-likeness (QED) is 0.553. The van der Waals surface area contributed by atoms with E-state index in [-0.39, 0.29) is 12.0 Å². The van der Waals surface area contributed by atoms with Crippen molar-refractivity contribution >= 4 is 11.7 Å². The molecule has 2 rings (SSSR count). The van der Waals surface area contributed by atoms with Crippen molar-refractivity contribution < 1.29 is 14.3 Å². The van der Waals surface area contributed by atoms with Gasteiger partial charge in [-0.2, -0.15) is 0 Å². The molecule has 1 atom stereocenters. The molecule has 0 radical (unpaired) electrons. The van der Waals surface area contributed by atoms with Crippen LogP contribution in [-0.2, 0) is 9.53 Å². The Morgan fingerprint density at radius 1 is 1.08 bits per heavy atom. The van der Waals surface area contributed by atoms with Crippen LogP contribution >= 0.6 is 0 Å². The summed E-state index contributed by atoms with van der Waals surface area (Å²) >= 11 is 0. The maximum Gasteiger partial charge on any atom is 0.334 e. The van der Waals surface area contributed by atoms with Crippen LogP contribution < -0.4 is 10.1 Å². The molecule has 26 heavy (non-hydrogen) atoms. The first-order chi connectivity index (χ1) is 12.3. The van der Waals surface area contributed by atoms with Gasteiger partial charge in [0.2, 0.25) is 0 Å². The van der Waals surface area contributed by atoms with E-state index < -0.39 is 5.60 Å². The van der Waals surface area contributed by atoms with Crippen LogP contribution in [0.3, 0.4) is 0 Å². The van der Waals surface area contributed by atoms with Gasteiger partial charge in [-0.3, -0.25) is 0 Å². The fourth-order valence-corrected chi connectivity index (χ4v) is 2.51. The van der Waals surface area contributed by atoms with Crippen LogP contribution in [0.2, 0.25) is 0 Å². The van der Waals surface area contributed by atoms with E-state index in [9.17, 15) is 4.79 Å². The second kappa shape index (κ2) is 8.56. The van der Waals surface area contributed by atoms with Gasteiger partial charge >= 0.3 is 5.97 Å². The number of nitrogens with one attached hydrogen (secondary N) is 1. The van der Waals surface area contributed by atoms with E-state index in [1.807, 2.05) is 75.4 Å². The van der Waals surface area contributed by atoms with Crippen LogP contribution in [0.5, 0.6) is 5.75 Å². The van der Waals surface area contributed by atoms with Crippen molar-refractivity contribution in [2.45, 2.75) is 38.8 Å². The van der Waals surface area contributed by atoms with Crippen LogP contribution in [0.1, 0.15) is 38.8 Å². The third-order valence-corrected chi connectivity index (χ3v) is 3.77. The molecule has 0 spiro atoms. The molecule has 0 amide bonds. The van der Waals surface area contributed by atoms with Crippen molar-refractivity contribution in [3.63, 3.8) is 0 Å². The summed E-state index contributed by atoms with van der Waals surface area (Å²) in [6.07, 6.45) is 0.449. The summed E-state index contributed by atoms with van der Waals surface area (Å²) in [5.41, 5.74) is 1.92. The Bertz CT molecular complexity index is 730. The van der Waals surface area contributed by atoms with E-state index >= 15 is 0 Å². The van der Waals surface area contributed by atoms with E-state index in [2.05, 4.69) is 11.9 Å². The SMILES string of the molecule is C=C(CC(Nc1ccc(OC)cc1)c1ccccc1)C(=O)OC(C)(C)C. The second-order valence-corrected chi connectivity index (χ2v) is 7.15. The molecule has 0 saturated carbocycles. The Hall–Kier alpha value is -2.75. The zero-order chi connectivity index (χ0) is 19.2. The molecule has 0 saturated heterocycles. The summed E-state index contributed by atoms with van der Waals surface area (Å²) < 4.78 is 10.6. The predicted octanol–water partition coefficient (Wildman–Crippen LogP) is 5.14. The van der Waals surface area contributed by atoms with Crippen molar-refractivity contribution in [3.8, 4) is 5.75 Å². The average molecular weight is 353 g/mol. The van der Waals surface area contributed by atoms with Crippen LogP contribution in [0.25, 0.3) is 0 Å². The lowest BCUT2D eigenvalue weighted by molar-refractivity contribution is -0.150. The van der Waals surface area contributed by atoms with Gasteiger partial charge in [0.15, 0.2) is 0 Å². The maximum atomic E-state index is 12.3. The van der Waals surface area contributed by atoms with Gasteiger partial charge in [0.1, 0.15) is 11.4 Å². The van der Waals surface area contributed by atoms with Crippen molar-refractivity contribution in [2.24, 2.45) is 0 Å². The number of esters is 1. The number of carbonyl (C=O) groups excluding carboxylic acids is 1. The Morgan fingerprint density at radius 3 is 2.23 bits per heavy atom. The third-order valence-electron chi connectivity index (χ3n) is 3.77. The fourth-order valence-electron chi connectivity index (χ4n) is 2.51. The number of methoxy groups -OCH3 is 1. The highest BCUT2D eigenvalue weighted by Gasteiger charge is 2.22. The summed E-state index contributed by atoms with van der Waals surface area (Å²) in [5, 5.41) is 3.47. The zero-order valence-corrected chi connectivity index (χ0v) is 15.9. The van der Waals surface area contributed by atoms with Gasteiger partial charge in [0.05, 0.1) is 13.2 Å². The Labute approximate surface area is 155 Å². The highest BCUT2D eigenvalue weighted by molar-refractivity contribution is 5.88. The normalized spacial score (nSPS) is 12.2. The molecule has 138 valence electrons. The Kier molecular flexibility index (Phi) is 6.45. The third kappa shape index (κ3) is 5.96. The number of anilines is 1. The minimum absolute atomic E-state index is 0.0930. The number of rotatable bonds is 7. The molecule has 2 aromatic carbocycles. The Balaban J connectivity index is 2.16. The number of ether oxygens (including phenoxy) is 2. The molecule has 1 unspecified atom stereocenters. The Morgan fingerprint density at radius 2 is 1.69 bits per heavy atom. The zero-order valence-electron chi connectivity index (χ0n) is 15.9. The fraction of sp³-hybridized carbons (Fsp3) is 0.318. The number of benzene rings is 2. The van der Waals surface area contributed by atoms with Gasteiger partial charge in [0, 0.05) is 17.7 Å². The summed E-state index contributed by atoms with van der Waals surface area (Å²) in [7, 11) is 1.64. The highest BCUT2D eigenvalue weighted by atomic mass is 16.6. The first-order valence-electron chi connectivity index (χ1n) is 8.65. The molecule has 0 aliphatic heterocycles. The van der Waals surface area contributed by atoms with Gasteiger partial charge in [-0.15, -0.1) is 0 Å². The standard InChI is InChI=1S/C22H27NO3/c1-16(21(24)26-22(2,3)4)15-20(17-9-7-6-8-10-17)23-18-11-13-19(25-5)14-12-18/h6-14,20,23H,1,15H2,2-5H3. The summed E-state index contributed by atoms with van der Waals surface area (Å²) in [6, 6.07) is 17.6. The van der Waals surface area contributed by atoms with Crippen molar-refractivity contribution in [1.29, 1.82) is 0 Å². The molecule has 0 aliphatic rings. The summed E-state index contributed by atoms with van der Waals surface area (Å²) in [5.74, 6) is 0.430. The van der Waals surface area contributed by atoms with Gasteiger partial charge in [-0.1, -0.05) is 36.9 Å². The van der Waals surface area contributed by atoms with Gasteiger partial charge in [-0.05, 0) is 50.6 Å². The number of hydrogen-bond donors (Lipinski definition) is 1. The topological polar surface area (TPSA) is 47.6 Å². The second-order valence-electron chi connectivity index (χ2n) is 7.15.